The minimum absolute atomic E-state index is 0. The summed E-state index contributed by atoms with van der Waals surface area (Å²) in [6.07, 6.45) is 6.04. The molecule has 10 heteroatoms. The van der Waals surface area contributed by atoms with Gasteiger partial charge >= 0.3 is 7.12 Å². The number of aliphatic hydroxyl groups is 1. The van der Waals surface area contributed by atoms with Crippen molar-refractivity contribution in [1.29, 1.82) is 0 Å². The average Bonchev–Trinajstić information content (AvgIpc) is 2.70. The number of rotatable bonds is 8. The van der Waals surface area contributed by atoms with Gasteiger partial charge in [-0.2, -0.15) is 0 Å². The van der Waals surface area contributed by atoms with Gasteiger partial charge in [0, 0.05) is 12.1 Å². The SMILES string of the molecule is Cl.NC(N)=NCCC[C@H](NC(=O)c1cccc(C23CCC(O)(CC2)CC3)c1)B(O)O. The Hall–Kier alpha value is -1.81. The molecular formula is C20H32BClN4O4. The third-order valence-corrected chi connectivity index (χ3v) is 6.59. The fourth-order valence-electron chi connectivity index (χ4n) is 4.66. The molecule has 166 valence electrons. The number of hydrogen-bond acceptors (Lipinski definition) is 5. The van der Waals surface area contributed by atoms with E-state index >= 15 is 0 Å². The van der Waals surface area contributed by atoms with Crippen LogP contribution in [0.1, 0.15) is 67.3 Å². The molecule has 0 radical (unpaired) electrons. The van der Waals surface area contributed by atoms with Crippen LogP contribution in [-0.4, -0.2) is 52.2 Å². The van der Waals surface area contributed by atoms with E-state index in [2.05, 4.69) is 16.4 Å². The number of carbonyl (C=O) groups excluding carboxylic acids is 1. The van der Waals surface area contributed by atoms with Crippen molar-refractivity contribution < 1.29 is 19.9 Å². The van der Waals surface area contributed by atoms with Crippen LogP contribution < -0.4 is 16.8 Å². The van der Waals surface area contributed by atoms with Gasteiger partial charge in [-0.05, 0) is 74.5 Å². The molecule has 8 nitrogen and oxygen atoms in total. The number of nitrogens with two attached hydrogens (primary N) is 2. The first-order chi connectivity index (χ1) is 13.7. The van der Waals surface area contributed by atoms with E-state index in [9.17, 15) is 19.9 Å². The van der Waals surface area contributed by atoms with Gasteiger partial charge in [0.15, 0.2) is 5.96 Å². The highest BCUT2D eigenvalue weighted by Crippen LogP contribution is 2.53. The first-order valence-corrected chi connectivity index (χ1v) is 10.3. The second-order valence-corrected chi connectivity index (χ2v) is 8.53. The van der Waals surface area contributed by atoms with Crippen LogP contribution in [0.3, 0.4) is 0 Å². The zero-order chi connectivity index (χ0) is 21.1. The quantitative estimate of drug-likeness (QED) is 0.151. The third kappa shape index (κ3) is 5.66. The normalized spacial score (nSPS) is 25.7. The lowest BCUT2D eigenvalue weighted by atomic mass is 9.56. The molecular weight excluding hydrogens is 407 g/mol. The number of nitrogens with zero attached hydrogens (tertiary/aromatic N) is 1. The Labute approximate surface area is 183 Å². The molecule has 8 N–H and O–H groups in total. The van der Waals surface area contributed by atoms with E-state index in [1.807, 2.05) is 12.1 Å². The summed E-state index contributed by atoms with van der Waals surface area (Å²) >= 11 is 0. The van der Waals surface area contributed by atoms with E-state index in [-0.39, 0.29) is 29.7 Å². The van der Waals surface area contributed by atoms with Crippen LogP contribution in [-0.2, 0) is 5.41 Å². The zero-order valence-electron chi connectivity index (χ0n) is 17.1. The summed E-state index contributed by atoms with van der Waals surface area (Å²) in [4.78, 5) is 16.6. The third-order valence-electron chi connectivity index (χ3n) is 6.59. The molecule has 3 saturated carbocycles. The summed E-state index contributed by atoms with van der Waals surface area (Å²) < 4.78 is 0. The van der Waals surface area contributed by atoms with Crippen molar-refractivity contribution in [3.63, 3.8) is 0 Å². The molecule has 0 aromatic heterocycles. The van der Waals surface area contributed by atoms with Crippen molar-refractivity contribution in [3.8, 4) is 0 Å². The molecule has 0 heterocycles. The fraction of sp³-hybridized carbons (Fsp3) is 0.600. The predicted octanol–water partition coefficient (Wildman–Crippen LogP) is 0.609. The van der Waals surface area contributed by atoms with Gasteiger partial charge in [0.25, 0.3) is 5.91 Å². The molecule has 1 atom stereocenters. The minimum Gasteiger partial charge on any atom is -0.426 e. The largest absolute Gasteiger partial charge is 0.475 e. The molecule has 2 bridgehead atoms. The molecule has 0 spiro atoms. The van der Waals surface area contributed by atoms with Gasteiger partial charge in [-0.15, -0.1) is 12.4 Å². The number of nitrogens with one attached hydrogen (secondary N) is 1. The van der Waals surface area contributed by atoms with E-state index in [1.54, 1.807) is 6.07 Å². The van der Waals surface area contributed by atoms with Gasteiger partial charge in [0.05, 0.1) is 11.5 Å². The van der Waals surface area contributed by atoms with Crippen molar-refractivity contribution in [2.75, 3.05) is 6.54 Å². The molecule has 30 heavy (non-hydrogen) atoms. The first kappa shape index (κ1) is 24.5. The van der Waals surface area contributed by atoms with Crippen molar-refractivity contribution >= 4 is 31.4 Å². The van der Waals surface area contributed by atoms with Crippen molar-refractivity contribution in [2.45, 2.75) is 68.3 Å². The number of guanidine groups is 1. The van der Waals surface area contributed by atoms with Crippen molar-refractivity contribution in [3.05, 3.63) is 35.4 Å². The van der Waals surface area contributed by atoms with E-state index in [0.717, 1.165) is 44.1 Å². The van der Waals surface area contributed by atoms with E-state index in [1.165, 1.54) is 0 Å². The summed E-state index contributed by atoms with van der Waals surface area (Å²) in [5.41, 5.74) is 11.7. The van der Waals surface area contributed by atoms with E-state index in [4.69, 9.17) is 11.5 Å². The maximum atomic E-state index is 12.7. The van der Waals surface area contributed by atoms with Gasteiger partial charge in [-0.1, -0.05) is 12.1 Å². The number of carbonyl (C=O) groups is 1. The van der Waals surface area contributed by atoms with Gasteiger partial charge in [0.1, 0.15) is 0 Å². The molecule has 1 aromatic rings. The Balaban J connectivity index is 0.00000320. The van der Waals surface area contributed by atoms with Gasteiger partial charge in [-0.3, -0.25) is 9.79 Å². The molecule has 3 fully saturated rings. The lowest BCUT2D eigenvalue weighted by Crippen LogP contribution is -2.48. The Morgan fingerprint density at radius 2 is 1.80 bits per heavy atom. The standard InChI is InChI=1S/C20H31BN4O4.ClH/c22-18(23)24-12-2-5-16(21(28)29)25-17(26)14-3-1-4-15(13-14)19-6-9-20(27,10-7-19)11-8-19;/h1,3-4,13,16,27-29H,2,5-12H2,(H,25,26)(H4,22,23,24);1H/t16-,19?,20?;/m0./s1. The monoisotopic (exact) mass is 438 g/mol. The second-order valence-electron chi connectivity index (χ2n) is 8.53. The van der Waals surface area contributed by atoms with Crippen LogP contribution in [0, 0.1) is 0 Å². The van der Waals surface area contributed by atoms with E-state index < -0.39 is 18.7 Å². The fourth-order valence-corrected chi connectivity index (χ4v) is 4.66. The van der Waals surface area contributed by atoms with Crippen LogP contribution in [0.25, 0.3) is 0 Å². The van der Waals surface area contributed by atoms with Crippen molar-refractivity contribution in [2.24, 2.45) is 16.5 Å². The molecule has 0 aliphatic heterocycles. The lowest BCUT2D eigenvalue weighted by molar-refractivity contribution is -0.0660. The Morgan fingerprint density at radius 1 is 1.17 bits per heavy atom. The van der Waals surface area contributed by atoms with Gasteiger partial charge in [0.2, 0.25) is 0 Å². The highest BCUT2D eigenvalue weighted by atomic mass is 35.5. The van der Waals surface area contributed by atoms with Crippen LogP contribution in [0.2, 0.25) is 0 Å². The summed E-state index contributed by atoms with van der Waals surface area (Å²) in [5, 5.41) is 32.4. The molecule has 3 aliphatic carbocycles. The number of fused-ring (bicyclic) bond motifs is 3. The van der Waals surface area contributed by atoms with Gasteiger partial charge in [-0.25, -0.2) is 0 Å². The smallest absolute Gasteiger partial charge is 0.426 e. The van der Waals surface area contributed by atoms with Gasteiger partial charge < -0.3 is 31.9 Å². The number of benzene rings is 1. The summed E-state index contributed by atoms with van der Waals surface area (Å²) in [6.45, 7) is 0.353. The molecule has 1 aromatic carbocycles. The maximum Gasteiger partial charge on any atom is 0.475 e. The number of aliphatic imine (C=N–C) groups is 1. The van der Waals surface area contributed by atoms with Crippen LogP contribution in [0.4, 0.5) is 0 Å². The minimum atomic E-state index is -1.67. The van der Waals surface area contributed by atoms with Crippen molar-refractivity contribution in [1.82, 2.24) is 5.32 Å². The van der Waals surface area contributed by atoms with E-state index in [0.29, 0.717) is 24.9 Å². The summed E-state index contributed by atoms with van der Waals surface area (Å²) in [5.74, 6) is -1.17. The van der Waals surface area contributed by atoms with Crippen LogP contribution >= 0.6 is 12.4 Å². The Bertz CT molecular complexity index is 748. The lowest BCUT2D eigenvalue weighted by Gasteiger charge is -2.51. The summed E-state index contributed by atoms with van der Waals surface area (Å²) in [7, 11) is -1.67. The number of amides is 1. The Morgan fingerprint density at radius 3 is 2.37 bits per heavy atom. The average molecular weight is 439 g/mol. The molecule has 4 rings (SSSR count). The maximum absolute atomic E-state index is 12.7. The number of hydrogen-bond donors (Lipinski definition) is 6. The zero-order valence-corrected chi connectivity index (χ0v) is 17.9. The highest BCUT2D eigenvalue weighted by Gasteiger charge is 2.48. The summed E-state index contributed by atoms with van der Waals surface area (Å²) in [6, 6.07) is 7.57. The predicted molar refractivity (Wildman–Crippen MR) is 119 cm³/mol. The molecule has 1 amide bonds. The molecule has 0 unspecified atom stereocenters. The molecule has 0 saturated heterocycles. The topological polar surface area (TPSA) is 154 Å². The Kier molecular flexibility index (Phi) is 8.16. The number of halogens is 1. The first-order valence-electron chi connectivity index (χ1n) is 10.3. The molecule has 3 aliphatic rings. The second kappa shape index (κ2) is 10.0. The van der Waals surface area contributed by atoms with Crippen LogP contribution in [0.5, 0.6) is 0 Å². The highest BCUT2D eigenvalue weighted by molar-refractivity contribution is 6.43. The van der Waals surface area contributed by atoms with Crippen LogP contribution in [0.15, 0.2) is 29.3 Å².